The van der Waals surface area contributed by atoms with Crippen molar-refractivity contribution >= 4 is 32.4 Å². The average Bonchev–Trinajstić information content (AvgIpc) is 3.23. The third kappa shape index (κ3) is 4.16. The zero-order valence-corrected chi connectivity index (χ0v) is 18.6. The Labute approximate surface area is 192 Å². The Morgan fingerprint density at radius 1 is 0.939 bits per heavy atom. The zero-order valence-electron chi connectivity index (χ0n) is 17.8. The number of nitrogens with zero attached hydrogens (tertiary/aromatic N) is 3. The molecule has 0 amide bonds. The minimum atomic E-state index is -3.66. The highest BCUT2D eigenvalue weighted by Crippen LogP contribution is 2.27. The lowest BCUT2D eigenvalue weighted by Crippen LogP contribution is -2.36. The summed E-state index contributed by atoms with van der Waals surface area (Å²) in [7, 11) is -3.66. The molecule has 0 saturated carbocycles. The highest BCUT2D eigenvalue weighted by molar-refractivity contribution is 7.92. The van der Waals surface area contributed by atoms with E-state index in [1.165, 1.54) is 0 Å². The van der Waals surface area contributed by atoms with Crippen LogP contribution in [0.4, 0.5) is 11.4 Å². The molecule has 1 saturated heterocycles. The SMILES string of the molecule is C#Cc1nc2ccc(N3CCOCC3)cc2n1-c1ccc(NS(=O)(=O)c2ccccc2)cc1. The Hall–Kier alpha value is -3.80. The largest absolute Gasteiger partial charge is 0.378 e. The van der Waals surface area contributed by atoms with E-state index < -0.39 is 10.0 Å². The van der Waals surface area contributed by atoms with E-state index in [0.717, 1.165) is 35.5 Å². The maximum Gasteiger partial charge on any atom is 0.261 e. The lowest BCUT2D eigenvalue weighted by molar-refractivity contribution is 0.122. The standard InChI is InChI=1S/C25H22N4O3S/c1-2-25-26-23-13-12-21(28-14-16-32-17-15-28)18-24(23)29(25)20-10-8-19(9-11-20)27-33(30,31)22-6-4-3-5-7-22/h1,3-13,18,27H,14-17H2. The number of rotatable bonds is 5. The molecular weight excluding hydrogens is 436 g/mol. The molecule has 1 aliphatic rings. The molecule has 0 bridgehead atoms. The van der Waals surface area contributed by atoms with Gasteiger partial charge in [0.1, 0.15) is 0 Å². The van der Waals surface area contributed by atoms with Crippen molar-refractivity contribution in [3.8, 4) is 18.0 Å². The van der Waals surface area contributed by atoms with Gasteiger partial charge in [-0.15, -0.1) is 6.42 Å². The molecular formula is C25H22N4O3S. The van der Waals surface area contributed by atoms with Crippen molar-refractivity contribution in [1.29, 1.82) is 0 Å². The second-order valence-corrected chi connectivity index (χ2v) is 9.34. The van der Waals surface area contributed by atoms with Crippen molar-refractivity contribution in [2.24, 2.45) is 0 Å². The summed E-state index contributed by atoms with van der Waals surface area (Å²) in [5.74, 6) is 3.15. The molecule has 4 aromatic rings. The number of hydrogen-bond donors (Lipinski definition) is 1. The molecule has 0 aliphatic carbocycles. The van der Waals surface area contributed by atoms with Crippen LogP contribution in [-0.4, -0.2) is 44.3 Å². The number of morpholine rings is 1. The number of anilines is 2. The van der Waals surface area contributed by atoms with Crippen LogP contribution in [0.1, 0.15) is 5.82 Å². The third-order valence-corrected chi connectivity index (χ3v) is 6.97. The molecule has 33 heavy (non-hydrogen) atoms. The number of fused-ring (bicyclic) bond motifs is 1. The summed E-state index contributed by atoms with van der Waals surface area (Å²) in [5, 5.41) is 0. The van der Waals surface area contributed by atoms with Gasteiger partial charge >= 0.3 is 0 Å². The molecule has 0 radical (unpaired) electrons. The second kappa shape index (κ2) is 8.62. The summed E-state index contributed by atoms with van der Waals surface area (Å²) < 4.78 is 35.2. The predicted octanol–water partition coefficient (Wildman–Crippen LogP) is 3.64. The number of terminal acetylenes is 1. The molecule has 5 rings (SSSR count). The molecule has 1 N–H and O–H groups in total. The first kappa shape index (κ1) is 21.1. The van der Waals surface area contributed by atoms with Gasteiger partial charge in [-0.1, -0.05) is 18.2 Å². The van der Waals surface area contributed by atoms with Gasteiger partial charge in [-0.3, -0.25) is 9.29 Å². The summed E-state index contributed by atoms with van der Waals surface area (Å²) in [6.07, 6.45) is 5.76. The van der Waals surface area contributed by atoms with E-state index in [4.69, 9.17) is 11.2 Å². The van der Waals surface area contributed by atoms with E-state index in [0.29, 0.717) is 24.7 Å². The lowest BCUT2D eigenvalue weighted by atomic mass is 10.2. The van der Waals surface area contributed by atoms with Gasteiger partial charge in [0, 0.05) is 30.2 Å². The van der Waals surface area contributed by atoms with E-state index in [2.05, 4.69) is 26.6 Å². The van der Waals surface area contributed by atoms with Gasteiger partial charge in [0.05, 0.1) is 29.1 Å². The zero-order chi connectivity index (χ0) is 22.8. The second-order valence-electron chi connectivity index (χ2n) is 7.65. The fraction of sp³-hybridized carbons (Fsp3) is 0.160. The van der Waals surface area contributed by atoms with Gasteiger partial charge in [0.15, 0.2) is 5.82 Å². The third-order valence-electron chi connectivity index (χ3n) is 5.57. The summed E-state index contributed by atoms with van der Waals surface area (Å²) in [6, 6.07) is 21.5. The number of nitrogens with one attached hydrogen (secondary N) is 1. The van der Waals surface area contributed by atoms with Crippen molar-refractivity contribution in [3.63, 3.8) is 0 Å². The molecule has 0 spiro atoms. The highest BCUT2D eigenvalue weighted by Gasteiger charge is 2.17. The van der Waals surface area contributed by atoms with Crippen LogP contribution in [0.2, 0.25) is 0 Å². The molecule has 8 heteroatoms. The molecule has 3 aromatic carbocycles. The van der Waals surface area contributed by atoms with Crippen LogP contribution in [0.3, 0.4) is 0 Å². The van der Waals surface area contributed by atoms with Crippen molar-refractivity contribution in [1.82, 2.24) is 9.55 Å². The molecule has 7 nitrogen and oxygen atoms in total. The Kier molecular flexibility index (Phi) is 5.50. The topological polar surface area (TPSA) is 76.5 Å². The molecule has 0 atom stereocenters. The maximum atomic E-state index is 12.6. The first-order chi connectivity index (χ1) is 16.0. The van der Waals surface area contributed by atoms with Crippen LogP contribution in [0, 0.1) is 12.3 Å². The lowest BCUT2D eigenvalue weighted by Gasteiger charge is -2.28. The van der Waals surface area contributed by atoms with E-state index >= 15 is 0 Å². The van der Waals surface area contributed by atoms with Crippen LogP contribution < -0.4 is 9.62 Å². The molecule has 2 heterocycles. The van der Waals surface area contributed by atoms with Gasteiger partial charge in [-0.25, -0.2) is 13.4 Å². The van der Waals surface area contributed by atoms with E-state index in [-0.39, 0.29) is 4.90 Å². The Morgan fingerprint density at radius 2 is 1.64 bits per heavy atom. The van der Waals surface area contributed by atoms with Gasteiger partial charge in [-0.2, -0.15) is 0 Å². The normalized spacial score (nSPS) is 14.2. The van der Waals surface area contributed by atoms with Gasteiger partial charge in [0.2, 0.25) is 0 Å². The summed E-state index contributed by atoms with van der Waals surface area (Å²) >= 11 is 0. The smallest absolute Gasteiger partial charge is 0.261 e. The minimum absolute atomic E-state index is 0.208. The fourth-order valence-electron chi connectivity index (χ4n) is 3.93. The average molecular weight is 459 g/mol. The van der Waals surface area contributed by atoms with Crippen LogP contribution >= 0.6 is 0 Å². The minimum Gasteiger partial charge on any atom is -0.378 e. The molecule has 166 valence electrons. The highest BCUT2D eigenvalue weighted by atomic mass is 32.2. The number of sulfonamides is 1. The van der Waals surface area contributed by atoms with Gasteiger partial charge < -0.3 is 9.64 Å². The van der Waals surface area contributed by atoms with Crippen LogP contribution in [0.5, 0.6) is 0 Å². The summed E-state index contributed by atoms with van der Waals surface area (Å²) in [6.45, 7) is 3.07. The Balaban J connectivity index is 1.49. The van der Waals surface area contributed by atoms with Crippen molar-refractivity contribution < 1.29 is 13.2 Å². The number of aromatic nitrogens is 2. The predicted molar refractivity (Wildman–Crippen MR) is 129 cm³/mol. The number of imidazole rings is 1. The summed E-state index contributed by atoms with van der Waals surface area (Å²) in [4.78, 5) is 7.07. The number of hydrogen-bond acceptors (Lipinski definition) is 5. The molecule has 0 unspecified atom stereocenters. The van der Waals surface area contributed by atoms with Crippen LogP contribution in [0.25, 0.3) is 16.7 Å². The van der Waals surface area contributed by atoms with Crippen LogP contribution in [0.15, 0.2) is 77.7 Å². The Morgan fingerprint density at radius 3 is 2.33 bits per heavy atom. The number of ether oxygens (including phenoxy) is 1. The Bertz CT molecular complexity index is 1430. The van der Waals surface area contributed by atoms with Crippen molar-refractivity contribution in [2.45, 2.75) is 4.90 Å². The monoisotopic (exact) mass is 458 g/mol. The van der Waals surface area contributed by atoms with Gasteiger partial charge in [-0.05, 0) is 60.5 Å². The van der Waals surface area contributed by atoms with E-state index in [1.807, 2.05) is 28.8 Å². The van der Waals surface area contributed by atoms with Crippen molar-refractivity contribution in [3.05, 3.63) is 78.6 Å². The quantitative estimate of drug-likeness (QED) is 0.462. The first-order valence-electron chi connectivity index (χ1n) is 10.6. The van der Waals surface area contributed by atoms with Gasteiger partial charge in [0.25, 0.3) is 10.0 Å². The van der Waals surface area contributed by atoms with E-state index in [1.54, 1.807) is 42.5 Å². The molecule has 1 aromatic heterocycles. The maximum absolute atomic E-state index is 12.6. The van der Waals surface area contributed by atoms with Crippen molar-refractivity contribution in [2.75, 3.05) is 35.9 Å². The first-order valence-corrected chi connectivity index (χ1v) is 12.0. The fourth-order valence-corrected chi connectivity index (χ4v) is 5.01. The molecule has 1 aliphatic heterocycles. The van der Waals surface area contributed by atoms with Crippen LogP contribution in [-0.2, 0) is 14.8 Å². The molecule has 1 fully saturated rings. The number of benzene rings is 3. The van der Waals surface area contributed by atoms with E-state index in [9.17, 15) is 8.42 Å². The summed E-state index contributed by atoms with van der Waals surface area (Å²) in [5.41, 5.74) is 4.04.